The summed E-state index contributed by atoms with van der Waals surface area (Å²) in [4.78, 5) is 12.9. The van der Waals surface area contributed by atoms with Crippen LogP contribution in [0.3, 0.4) is 0 Å². The predicted molar refractivity (Wildman–Crippen MR) is 125 cm³/mol. The van der Waals surface area contributed by atoms with Gasteiger partial charge < -0.3 is 10.1 Å². The number of carbonyl (C=O) groups excluding carboxylic acids is 1. The van der Waals surface area contributed by atoms with Gasteiger partial charge in [0.1, 0.15) is 5.82 Å². The Bertz CT molecular complexity index is 1030. The van der Waals surface area contributed by atoms with E-state index in [4.69, 9.17) is 4.74 Å². The number of rotatable bonds is 7. The predicted octanol–water partition coefficient (Wildman–Crippen LogP) is 3.23. The van der Waals surface area contributed by atoms with Crippen LogP contribution in [0.15, 0.2) is 54.6 Å². The molecule has 2 heterocycles. The number of hydrogen-bond acceptors (Lipinski definition) is 4. The van der Waals surface area contributed by atoms with Gasteiger partial charge in [-0.3, -0.25) is 4.79 Å². The highest BCUT2D eigenvalue weighted by atomic mass is 32.2. The zero-order chi connectivity index (χ0) is 23.3. The minimum atomic E-state index is -3.51. The third kappa shape index (κ3) is 5.80. The van der Waals surface area contributed by atoms with Gasteiger partial charge in [-0.25, -0.2) is 17.1 Å². The van der Waals surface area contributed by atoms with E-state index in [-0.39, 0.29) is 23.0 Å². The summed E-state index contributed by atoms with van der Waals surface area (Å²) in [6, 6.07) is 15.8. The fourth-order valence-corrected chi connectivity index (χ4v) is 6.36. The monoisotopic (exact) mass is 474 g/mol. The molecule has 0 aliphatic carbocycles. The molecule has 6 nitrogen and oxygen atoms in total. The second kappa shape index (κ2) is 10.3. The summed E-state index contributed by atoms with van der Waals surface area (Å²) < 4.78 is 45.6. The molecule has 1 amide bonds. The zero-order valence-corrected chi connectivity index (χ0v) is 19.5. The highest BCUT2D eigenvalue weighted by Gasteiger charge is 2.36. The Morgan fingerprint density at radius 1 is 1.03 bits per heavy atom. The Morgan fingerprint density at radius 2 is 1.67 bits per heavy atom. The molecule has 4 rings (SSSR count). The van der Waals surface area contributed by atoms with Crippen LogP contribution in [0.5, 0.6) is 0 Å². The second-order valence-corrected chi connectivity index (χ2v) is 11.0. The van der Waals surface area contributed by atoms with Crippen molar-refractivity contribution in [2.24, 2.45) is 5.92 Å². The van der Waals surface area contributed by atoms with E-state index >= 15 is 0 Å². The minimum absolute atomic E-state index is 0.00706. The molecule has 178 valence electrons. The molecule has 0 saturated carbocycles. The van der Waals surface area contributed by atoms with E-state index in [2.05, 4.69) is 17.4 Å². The number of carbonyl (C=O) groups is 1. The standard InChI is InChI=1S/C25H31FN2O4S/c26-23-8-6-20(7-9-23)18-33(30,31)28-14-10-21(11-15-28)24(29)27-19-25(12-16-32-17-13-25)22-4-2-1-3-5-22/h1-9,21H,10-19H2,(H,27,29). The van der Waals surface area contributed by atoms with Crippen LogP contribution in [0.25, 0.3) is 0 Å². The molecule has 0 atom stereocenters. The molecule has 0 aromatic heterocycles. The molecule has 2 saturated heterocycles. The number of ether oxygens (including phenoxy) is 1. The molecule has 0 bridgehead atoms. The van der Waals surface area contributed by atoms with Crippen LogP contribution in [0.1, 0.15) is 36.8 Å². The topological polar surface area (TPSA) is 75.7 Å². The van der Waals surface area contributed by atoms with Gasteiger partial charge in [0.25, 0.3) is 0 Å². The molecular weight excluding hydrogens is 443 g/mol. The van der Waals surface area contributed by atoms with Crippen LogP contribution in [0.4, 0.5) is 4.39 Å². The molecule has 33 heavy (non-hydrogen) atoms. The molecule has 8 heteroatoms. The van der Waals surface area contributed by atoms with Crippen molar-refractivity contribution >= 4 is 15.9 Å². The molecular formula is C25H31FN2O4S. The lowest BCUT2D eigenvalue weighted by atomic mass is 9.74. The van der Waals surface area contributed by atoms with Gasteiger partial charge >= 0.3 is 0 Å². The van der Waals surface area contributed by atoms with Crippen LogP contribution in [-0.4, -0.2) is 51.5 Å². The molecule has 2 aliphatic rings. The van der Waals surface area contributed by atoms with E-state index in [1.54, 1.807) is 0 Å². The van der Waals surface area contributed by atoms with Gasteiger partial charge in [-0.15, -0.1) is 0 Å². The first-order valence-corrected chi connectivity index (χ1v) is 13.1. The first-order valence-electron chi connectivity index (χ1n) is 11.5. The lowest BCUT2D eigenvalue weighted by molar-refractivity contribution is -0.126. The lowest BCUT2D eigenvalue weighted by Gasteiger charge is -2.38. The van der Waals surface area contributed by atoms with Crippen molar-refractivity contribution in [1.29, 1.82) is 0 Å². The van der Waals surface area contributed by atoms with E-state index in [9.17, 15) is 17.6 Å². The molecule has 2 aromatic carbocycles. The Morgan fingerprint density at radius 3 is 2.30 bits per heavy atom. The highest BCUT2D eigenvalue weighted by molar-refractivity contribution is 7.88. The zero-order valence-electron chi connectivity index (χ0n) is 18.7. The first kappa shape index (κ1) is 23.9. The van der Waals surface area contributed by atoms with Gasteiger partial charge in [0.05, 0.1) is 5.75 Å². The van der Waals surface area contributed by atoms with Crippen LogP contribution < -0.4 is 5.32 Å². The smallest absolute Gasteiger partial charge is 0.223 e. The van der Waals surface area contributed by atoms with E-state index < -0.39 is 15.8 Å². The van der Waals surface area contributed by atoms with Gasteiger partial charge in [-0.2, -0.15) is 0 Å². The van der Waals surface area contributed by atoms with E-state index in [0.717, 1.165) is 12.8 Å². The summed E-state index contributed by atoms with van der Waals surface area (Å²) in [5, 5.41) is 3.16. The van der Waals surface area contributed by atoms with E-state index in [0.29, 0.717) is 51.3 Å². The van der Waals surface area contributed by atoms with Crippen LogP contribution >= 0.6 is 0 Å². The molecule has 1 N–H and O–H groups in total. The second-order valence-electron chi connectivity index (χ2n) is 9.03. The van der Waals surface area contributed by atoms with Gasteiger partial charge in [0.15, 0.2) is 0 Å². The van der Waals surface area contributed by atoms with E-state index in [1.807, 2.05) is 18.2 Å². The van der Waals surface area contributed by atoms with Crippen LogP contribution in [-0.2, 0) is 30.7 Å². The Balaban J connectivity index is 1.32. The third-order valence-corrected chi connectivity index (χ3v) is 8.77. The molecule has 0 radical (unpaired) electrons. The maximum Gasteiger partial charge on any atom is 0.223 e. The molecule has 0 spiro atoms. The summed E-state index contributed by atoms with van der Waals surface area (Å²) in [6.07, 6.45) is 2.71. The first-order chi connectivity index (χ1) is 15.9. The number of nitrogens with zero attached hydrogens (tertiary/aromatic N) is 1. The summed E-state index contributed by atoms with van der Waals surface area (Å²) in [6.45, 7) is 2.55. The van der Waals surface area contributed by atoms with Crippen molar-refractivity contribution in [2.45, 2.75) is 36.9 Å². The molecule has 0 unspecified atom stereocenters. The van der Waals surface area contributed by atoms with Crippen molar-refractivity contribution in [3.8, 4) is 0 Å². The number of sulfonamides is 1. The van der Waals surface area contributed by atoms with Crippen molar-refractivity contribution < 1.29 is 22.3 Å². The Hall–Kier alpha value is -2.29. The quantitative estimate of drug-likeness (QED) is 0.669. The fourth-order valence-electron chi connectivity index (χ4n) is 4.80. The number of amides is 1. The van der Waals surface area contributed by atoms with Gasteiger partial charge in [-0.1, -0.05) is 42.5 Å². The maximum absolute atomic E-state index is 13.1. The van der Waals surface area contributed by atoms with E-state index in [1.165, 1.54) is 34.1 Å². The molecule has 2 fully saturated rings. The fraction of sp³-hybridized carbons (Fsp3) is 0.480. The summed E-state index contributed by atoms with van der Waals surface area (Å²) >= 11 is 0. The summed E-state index contributed by atoms with van der Waals surface area (Å²) in [7, 11) is -3.51. The van der Waals surface area contributed by atoms with Crippen molar-refractivity contribution in [2.75, 3.05) is 32.8 Å². The van der Waals surface area contributed by atoms with Crippen LogP contribution in [0, 0.1) is 11.7 Å². The average Bonchev–Trinajstić information content (AvgIpc) is 2.85. The Kier molecular flexibility index (Phi) is 7.46. The summed E-state index contributed by atoms with van der Waals surface area (Å²) in [5.74, 6) is -0.758. The number of hydrogen-bond donors (Lipinski definition) is 1. The van der Waals surface area contributed by atoms with Crippen molar-refractivity contribution in [1.82, 2.24) is 9.62 Å². The lowest BCUT2D eigenvalue weighted by Crippen LogP contribution is -2.48. The number of halogens is 1. The average molecular weight is 475 g/mol. The Labute approximate surface area is 195 Å². The SMILES string of the molecule is O=C(NCC1(c2ccccc2)CCOCC1)C1CCN(S(=O)(=O)Cc2ccc(F)cc2)CC1. The van der Waals surface area contributed by atoms with Crippen molar-refractivity contribution in [3.63, 3.8) is 0 Å². The van der Waals surface area contributed by atoms with Crippen molar-refractivity contribution in [3.05, 3.63) is 71.5 Å². The number of benzene rings is 2. The minimum Gasteiger partial charge on any atom is -0.381 e. The normalized spacial score (nSPS) is 19.8. The highest BCUT2D eigenvalue weighted by Crippen LogP contribution is 2.34. The number of piperidine rings is 1. The third-order valence-electron chi connectivity index (χ3n) is 6.92. The molecule has 2 aliphatic heterocycles. The van der Waals surface area contributed by atoms with Gasteiger partial charge in [-0.05, 0) is 48.9 Å². The van der Waals surface area contributed by atoms with Gasteiger partial charge in [0.2, 0.25) is 15.9 Å². The molecule has 2 aromatic rings. The van der Waals surface area contributed by atoms with Crippen LogP contribution in [0.2, 0.25) is 0 Å². The number of nitrogens with one attached hydrogen (secondary N) is 1. The maximum atomic E-state index is 13.1. The largest absolute Gasteiger partial charge is 0.381 e. The summed E-state index contributed by atoms with van der Waals surface area (Å²) in [5.41, 5.74) is 1.64. The van der Waals surface area contributed by atoms with Gasteiger partial charge in [0, 0.05) is 44.2 Å².